The van der Waals surface area contributed by atoms with Crippen LogP contribution in [0, 0.1) is 5.41 Å². The number of ether oxygens (including phenoxy) is 1. The van der Waals surface area contributed by atoms with Gasteiger partial charge in [-0.25, -0.2) is 0 Å². The highest BCUT2D eigenvalue weighted by molar-refractivity contribution is 6.32. The van der Waals surface area contributed by atoms with Gasteiger partial charge < -0.3 is 9.64 Å². The third-order valence-corrected chi connectivity index (χ3v) is 8.78. The molecule has 3 atom stereocenters. The van der Waals surface area contributed by atoms with Gasteiger partial charge in [0.1, 0.15) is 17.2 Å². The van der Waals surface area contributed by atoms with Gasteiger partial charge in [0.25, 0.3) is 0 Å². The summed E-state index contributed by atoms with van der Waals surface area (Å²) in [5.74, 6) is -0.897. The van der Waals surface area contributed by atoms with Crippen LogP contribution in [0.4, 0.5) is 5.69 Å². The average Bonchev–Trinajstić information content (AvgIpc) is 3.43. The highest BCUT2D eigenvalue weighted by atomic mass is 35.5. The summed E-state index contributed by atoms with van der Waals surface area (Å²) in [6, 6.07) is 27.3. The van der Waals surface area contributed by atoms with Crippen molar-refractivity contribution < 1.29 is 19.1 Å². The Labute approximate surface area is 236 Å². The van der Waals surface area contributed by atoms with Gasteiger partial charge in [-0.2, -0.15) is 0 Å². The Balaban J connectivity index is 1.56. The van der Waals surface area contributed by atoms with Crippen LogP contribution < -0.4 is 9.64 Å². The quantitative estimate of drug-likeness (QED) is 0.212. The SMILES string of the molecule is COc1cccc([C@H]2[C@H](C(=O)c3ccccc3)N3c4ccc(Cl)cc4C=C[C@@H]3C23C(=O)c2ccccc2C3=O)c1. The fourth-order valence-electron chi connectivity index (χ4n) is 6.93. The summed E-state index contributed by atoms with van der Waals surface area (Å²) < 4.78 is 5.55. The number of nitrogens with zero attached hydrogens (tertiary/aromatic N) is 1. The van der Waals surface area contributed by atoms with Crippen LogP contribution >= 0.6 is 11.6 Å². The Morgan fingerprint density at radius 1 is 0.850 bits per heavy atom. The average molecular weight is 546 g/mol. The number of rotatable bonds is 4. The number of anilines is 1. The molecule has 1 fully saturated rings. The van der Waals surface area contributed by atoms with E-state index < -0.39 is 23.4 Å². The fourth-order valence-corrected chi connectivity index (χ4v) is 7.11. The second-order valence-corrected chi connectivity index (χ2v) is 10.9. The zero-order chi connectivity index (χ0) is 27.6. The Hall–Kier alpha value is -4.48. The van der Waals surface area contributed by atoms with Crippen LogP contribution in [0.25, 0.3) is 6.08 Å². The molecule has 5 nitrogen and oxygen atoms in total. The van der Waals surface area contributed by atoms with E-state index in [1.165, 1.54) is 0 Å². The number of hydrogen-bond acceptors (Lipinski definition) is 5. The lowest BCUT2D eigenvalue weighted by Crippen LogP contribution is -2.48. The molecule has 1 aliphatic carbocycles. The topological polar surface area (TPSA) is 63.7 Å². The van der Waals surface area contributed by atoms with Crippen molar-refractivity contribution in [2.75, 3.05) is 12.0 Å². The van der Waals surface area contributed by atoms with Gasteiger partial charge in [0.15, 0.2) is 17.3 Å². The van der Waals surface area contributed by atoms with Crippen LogP contribution in [0.5, 0.6) is 5.75 Å². The minimum absolute atomic E-state index is 0.164. The lowest BCUT2D eigenvalue weighted by molar-refractivity contribution is 0.0665. The van der Waals surface area contributed by atoms with E-state index in [2.05, 4.69) is 0 Å². The van der Waals surface area contributed by atoms with Gasteiger partial charge in [-0.3, -0.25) is 14.4 Å². The lowest BCUT2D eigenvalue weighted by Gasteiger charge is -2.37. The molecule has 0 N–H and O–H groups in total. The molecule has 4 aromatic carbocycles. The number of halogens is 1. The molecule has 0 unspecified atom stereocenters. The summed E-state index contributed by atoms with van der Waals surface area (Å²) in [6.07, 6.45) is 3.80. The summed E-state index contributed by atoms with van der Waals surface area (Å²) >= 11 is 6.36. The lowest BCUT2D eigenvalue weighted by atomic mass is 9.64. The smallest absolute Gasteiger partial charge is 0.185 e. The normalized spacial score (nSPS) is 21.8. The van der Waals surface area contributed by atoms with E-state index in [1.54, 1.807) is 49.6 Å². The molecule has 0 radical (unpaired) electrons. The Kier molecular flexibility index (Phi) is 5.55. The molecule has 6 heteroatoms. The van der Waals surface area contributed by atoms with Crippen molar-refractivity contribution in [2.24, 2.45) is 5.41 Å². The van der Waals surface area contributed by atoms with E-state index in [-0.39, 0.29) is 17.3 Å². The van der Waals surface area contributed by atoms with Gasteiger partial charge in [-0.05, 0) is 41.5 Å². The van der Waals surface area contributed by atoms with Crippen LogP contribution in [-0.2, 0) is 0 Å². The van der Waals surface area contributed by atoms with Gasteiger partial charge in [-0.15, -0.1) is 0 Å². The molecular weight excluding hydrogens is 522 g/mol. The Bertz CT molecular complexity index is 1710. The number of ketones is 3. The second kappa shape index (κ2) is 9.04. The summed E-state index contributed by atoms with van der Waals surface area (Å²) in [5, 5.41) is 0.562. The molecule has 2 heterocycles. The number of hydrogen-bond donors (Lipinski definition) is 0. The largest absolute Gasteiger partial charge is 0.497 e. The molecule has 4 aromatic rings. The molecule has 1 saturated heterocycles. The molecule has 0 aromatic heterocycles. The molecule has 0 bridgehead atoms. The number of benzene rings is 4. The molecule has 40 heavy (non-hydrogen) atoms. The molecule has 0 amide bonds. The van der Waals surface area contributed by atoms with Gasteiger partial charge in [0, 0.05) is 33.3 Å². The number of carbonyl (C=O) groups excluding carboxylic acids is 3. The van der Waals surface area contributed by atoms with Gasteiger partial charge in [0.2, 0.25) is 0 Å². The van der Waals surface area contributed by atoms with Crippen LogP contribution in [0.1, 0.15) is 48.1 Å². The molecule has 0 saturated carbocycles. The van der Waals surface area contributed by atoms with E-state index in [1.807, 2.05) is 71.6 Å². The minimum atomic E-state index is -1.56. The maximum Gasteiger partial charge on any atom is 0.185 e. The molecule has 7 rings (SSSR count). The van der Waals surface area contributed by atoms with Crippen LogP contribution in [0.15, 0.2) is 103 Å². The van der Waals surface area contributed by atoms with Gasteiger partial charge in [0.05, 0.1) is 13.2 Å². The van der Waals surface area contributed by atoms with E-state index >= 15 is 0 Å². The minimum Gasteiger partial charge on any atom is -0.497 e. The third kappa shape index (κ3) is 3.24. The molecule has 1 spiro atoms. The van der Waals surface area contributed by atoms with Crippen molar-refractivity contribution in [3.63, 3.8) is 0 Å². The first kappa shape index (κ1) is 24.6. The predicted molar refractivity (Wildman–Crippen MR) is 155 cm³/mol. The summed E-state index contributed by atoms with van der Waals surface area (Å²) in [7, 11) is 1.57. The van der Waals surface area contributed by atoms with Crippen molar-refractivity contribution in [2.45, 2.75) is 18.0 Å². The first-order valence-corrected chi connectivity index (χ1v) is 13.5. The number of methoxy groups -OCH3 is 1. The van der Waals surface area contributed by atoms with Crippen molar-refractivity contribution in [1.82, 2.24) is 0 Å². The second-order valence-electron chi connectivity index (χ2n) is 10.4. The van der Waals surface area contributed by atoms with Crippen LogP contribution in [-0.4, -0.2) is 36.5 Å². The van der Waals surface area contributed by atoms with Crippen LogP contribution in [0.3, 0.4) is 0 Å². The van der Waals surface area contributed by atoms with E-state index in [0.717, 1.165) is 11.3 Å². The number of Topliss-reactive ketones (excluding diaryl/α,β-unsaturated/α-hetero) is 3. The maximum atomic E-state index is 14.7. The maximum absolute atomic E-state index is 14.7. The molecular formula is C34H24ClNO4. The highest BCUT2D eigenvalue weighted by Crippen LogP contribution is 2.61. The highest BCUT2D eigenvalue weighted by Gasteiger charge is 2.71. The zero-order valence-corrected chi connectivity index (χ0v) is 22.3. The molecule has 3 aliphatic rings. The van der Waals surface area contributed by atoms with E-state index in [9.17, 15) is 14.4 Å². The summed E-state index contributed by atoms with van der Waals surface area (Å²) in [5.41, 5.74) is 2.02. The Morgan fingerprint density at radius 3 is 2.25 bits per heavy atom. The fraction of sp³-hybridized carbons (Fsp3) is 0.147. The first-order valence-electron chi connectivity index (χ1n) is 13.1. The zero-order valence-electron chi connectivity index (χ0n) is 21.6. The monoisotopic (exact) mass is 545 g/mol. The van der Waals surface area contributed by atoms with Gasteiger partial charge in [-0.1, -0.05) is 90.5 Å². The van der Waals surface area contributed by atoms with Crippen molar-refractivity contribution in [1.29, 1.82) is 0 Å². The Morgan fingerprint density at radius 2 is 1.55 bits per heavy atom. The number of carbonyl (C=O) groups is 3. The summed E-state index contributed by atoms with van der Waals surface area (Å²) in [6.45, 7) is 0. The first-order chi connectivity index (χ1) is 19.5. The van der Waals surface area contributed by atoms with Crippen molar-refractivity contribution >= 4 is 40.7 Å². The van der Waals surface area contributed by atoms with Crippen molar-refractivity contribution in [3.05, 3.63) is 136 Å². The number of fused-ring (bicyclic) bond motifs is 5. The predicted octanol–water partition coefficient (Wildman–Crippen LogP) is 6.66. The molecule has 196 valence electrons. The van der Waals surface area contributed by atoms with Crippen LogP contribution in [0.2, 0.25) is 5.02 Å². The van der Waals surface area contributed by atoms with Crippen molar-refractivity contribution in [3.8, 4) is 5.75 Å². The third-order valence-electron chi connectivity index (χ3n) is 8.55. The standard InChI is InChI=1S/C34H24ClNO4/c1-40-24-11-7-10-22(19-24)29-30(31(37)20-8-3-2-4-9-20)36-27-16-15-23(35)18-21(27)14-17-28(36)34(29)32(38)25-12-5-6-13-26(25)33(34)39/h2-19,28-30H,1H3/t28-,29+,30-/m1/s1. The van der Waals surface area contributed by atoms with E-state index in [4.69, 9.17) is 16.3 Å². The summed E-state index contributed by atoms with van der Waals surface area (Å²) in [4.78, 5) is 45.9. The van der Waals surface area contributed by atoms with Gasteiger partial charge >= 0.3 is 0 Å². The van der Waals surface area contributed by atoms with E-state index in [0.29, 0.717) is 33.0 Å². The molecule has 2 aliphatic heterocycles.